The molecule has 0 aliphatic heterocycles. The standard InChI is InChI=1S/C15H13N3O2S2/c1-20-15(19)11-10(16)9-13(21-2)17-12(18-14(9)22-11)8-6-4-3-5-7-8/h3-7H,16H2,1-2H3. The average Bonchev–Trinajstić information content (AvgIpc) is 2.91. The number of anilines is 1. The predicted octanol–water partition coefficient (Wildman–Crippen LogP) is 3.45. The van der Waals surface area contributed by atoms with Crippen LogP contribution in [0.1, 0.15) is 9.67 Å². The number of carbonyl (C=O) groups is 1. The number of thioether (sulfide) groups is 1. The zero-order chi connectivity index (χ0) is 15.7. The Labute approximate surface area is 135 Å². The largest absolute Gasteiger partial charge is 0.465 e. The molecule has 2 N–H and O–H groups in total. The van der Waals surface area contributed by atoms with Crippen LogP contribution in [0.5, 0.6) is 0 Å². The molecule has 7 heteroatoms. The lowest BCUT2D eigenvalue weighted by Crippen LogP contribution is -2.01. The van der Waals surface area contributed by atoms with Crippen LogP contribution in [0, 0.1) is 0 Å². The molecule has 112 valence electrons. The van der Waals surface area contributed by atoms with E-state index in [9.17, 15) is 4.79 Å². The fraction of sp³-hybridized carbons (Fsp3) is 0.133. The van der Waals surface area contributed by atoms with Crippen molar-refractivity contribution >= 4 is 45.0 Å². The van der Waals surface area contributed by atoms with Crippen LogP contribution in [-0.4, -0.2) is 29.3 Å². The van der Waals surface area contributed by atoms with Gasteiger partial charge in [0.05, 0.1) is 18.2 Å². The number of thiophene rings is 1. The number of hydrogen-bond acceptors (Lipinski definition) is 7. The van der Waals surface area contributed by atoms with Gasteiger partial charge in [0, 0.05) is 5.56 Å². The maximum Gasteiger partial charge on any atom is 0.350 e. The Hall–Kier alpha value is -2.12. The van der Waals surface area contributed by atoms with Crippen LogP contribution < -0.4 is 5.73 Å². The fourth-order valence-corrected chi connectivity index (χ4v) is 3.76. The van der Waals surface area contributed by atoms with Crippen molar-refractivity contribution in [1.82, 2.24) is 9.97 Å². The minimum atomic E-state index is -0.450. The second kappa shape index (κ2) is 5.94. The molecule has 0 spiro atoms. The Morgan fingerprint density at radius 2 is 2.00 bits per heavy atom. The molecular weight excluding hydrogens is 318 g/mol. The summed E-state index contributed by atoms with van der Waals surface area (Å²) in [4.78, 5) is 22.0. The van der Waals surface area contributed by atoms with Crippen molar-refractivity contribution in [2.45, 2.75) is 5.03 Å². The first-order valence-corrected chi connectivity index (χ1v) is 8.47. The molecule has 0 saturated heterocycles. The number of benzene rings is 1. The number of ether oxygens (including phenoxy) is 1. The zero-order valence-corrected chi connectivity index (χ0v) is 13.6. The second-order valence-corrected chi connectivity index (χ2v) is 6.23. The summed E-state index contributed by atoms with van der Waals surface area (Å²) in [6, 6.07) is 9.71. The number of rotatable bonds is 3. The van der Waals surface area contributed by atoms with Crippen molar-refractivity contribution in [2.24, 2.45) is 0 Å². The van der Waals surface area contributed by atoms with Gasteiger partial charge in [-0.3, -0.25) is 0 Å². The van der Waals surface area contributed by atoms with Gasteiger partial charge in [0.2, 0.25) is 0 Å². The number of esters is 1. The van der Waals surface area contributed by atoms with Gasteiger partial charge < -0.3 is 10.5 Å². The number of fused-ring (bicyclic) bond motifs is 1. The molecule has 3 rings (SSSR count). The third-order valence-corrected chi connectivity index (χ3v) is 4.91. The van der Waals surface area contributed by atoms with E-state index in [0.717, 1.165) is 16.0 Å². The Kier molecular flexibility index (Phi) is 4.00. The highest BCUT2D eigenvalue weighted by Gasteiger charge is 2.21. The molecule has 0 aliphatic rings. The molecule has 0 radical (unpaired) electrons. The number of hydrogen-bond donors (Lipinski definition) is 1. The lowest BCUT2D eigenvalue weighted by atomic mass is 10.2. The average molecular weight is 331 g/mol. The molecule has 0 aliphatic carbocycles. The predicted molar refractivity (Wildman–Crippen MR) is 90.4 cm³/mol. The van der Waals surface area contributed by atoms with Crippen LogP contribution >= 0.6 is 23.1 Å². The van der Waals surface area contributed by atoms with E-state index in [1.54, 1.807) is 0 Å². The summed E-state index contributed by atoms with van der Waals surface area (Å²) < 4.78 is 4.77. The first-order chi connectivity index (χ1) is 10.7. The van der Waals surface area contributed by atoms with Crippen LogP contribution in [0.2, 0.25) is 0 Å². The SMILES string of the molecule is COC(=O)c1sc2nc(-c3ccccc3)nc(SC)c2c1N. The van der Waals surface area contributed by atoms with Crippen molar-refractivity contribution < 1.29 is 9.53 Å². The van der Waals surface area contributed by atoms with Crippen LogP contribution in [-0.2, 0) is 4.74 Å². The molecule has 3 aromatic rings. The molecule has 0 atom stereocenters. The normalized spacial score (nSPS) is 10.8. The highest BCUT2D eigenvalue weighted by atomic mass is 32.2. The molecule has 5 nitrogen and oxygen atoms in total. The summed E-state index contributed by atoms with van der Waals surface area (Å²) in [6.45, 7) is 0. The van der Waals surface area contributed by atoms with Crippen molar-refractivity contribution in [3.05, 3.63) is 35.2 Å². The van der Waals surface area contributed by atoms with Gasteiger partial charge in [-0.15, -0.1) is 23.1 Å². The van der Waals surface area contributed by atoms with E-state index in [4.69, 9.17) is 10.5 Å². The summed E-state index contributed by atoms with van der Waals surface area (Å²) >= 11 is 2.71. The minimum absolute atomic E-state index is 0.368. The lowest BCUT2D eigenvalue weighted by molar-refractivity contribution is 0.0607. The Morgan fingerprint density at radius 3 is 2.64 bits per heavy atom. The van der Waals surface area contributed by atoms with Crippen molar-refractivity contribution in [3.8, 4) is 11.4 Å². The quantitative estimate of drug-likeness (QED) is 0.450. The third-order valence-electron chi connectivity index (χ3n) is 3.15. The van der Waals surface area contributed by atoms with Gasteiger partial charge in [-0.1, -0.05) is 30.3 Å². The first kappa shape index (κ1) is 14.8. The fourth-order valence-electron chi connectivity index (χ4n) is 2.10. The molecule has 2 aromatic heterocycles. The minimum Gasteiger partial charge on any atom is -0.465 e. The number of nitrogen functional groups attached to an aromatic ring is 1. The molecule has 0 unspecified atom stereocenters. The molecular formula is C15H13N3O2S2. The van der Waals surface area contributed by atoms with Crippen molar-refractivity contribution in [2.75, 3.05) is 19.1 Å². The number of nitrogens with zero attached hydrogens (tertiary/aromatic N) is 2. The van der Waals surface area contributed by atoms with Gasteiger partial charge >= 0.3 is 5.97 Å². The second-order valence-electron chi connectivity index (χ2n) is 4.44. The first-order valence-electron chi connectivity index (χ1n) is 6.43. The highest BCUT2D eigenvalue weighted by Crippen LogP contribution is 2.38. The van der Waals surface area contributed by atoms with Gasteiger partial charge in [0.15, 0.2) is 5.82 Å². The van der Waals surface area contributed by atoms with Gasteiger partial charge in [0.1, 0.15) is 14.7 Å². The topological polar surface area (TPSA) is 78.1 Å². The monoisotopic (exact) mass is 331 g/mol. The lowest BCUT2D eigenvalue weighted by Gasteiger charge is -2.04. The van der Waals surface area contributed by atoms with E-state index in [0.29, 0.717) is 21.2 Å². The Morgan fingerprint density at radius 1 is 1.27 bits per heavy atom. The molecule has 1 aromatic carbocycles. The number of nitrogens with two attached hydrogens (primary N) is 1. The van der Waals surface area contributed by atoms with Crippen molar-refractivity contribution in [1.29, 1.82) is 0 Å². The van der Waals surface area contributed by atoms with Crippen LogP contribution in [0.4, 0.5) is 5.69 Å². The highest BCUT2D eigenvalue weighted by molar-refractivity contribution is 7.98. The summed E-state index contributed by atoms with van der Waals surface area (Å²) in [5.41, 5.74) is 7.40. The molecule has 0 fully saturated rings. The maximum absolute atomic E-state index is 11.8. The summed E-state index contributed by atoms with van der Waals surface area (Å²) in [7, 11) is 1.34. The van der Waals surface area contributed by atoms with Crippen LogP contribution in [0.25, 0.3) is 21.6 Å². The van der Waals surface area contributed by atoms with E-state index >= 15 is 0 Å². The number of carbonyl (C=O) groups excluding carboxylic acids is 1. The van der Waals surface area contributed by atoms with Gasteiger partial charge in [-0.2, -0.15) is 0 Å². The van der Waals surface area contributed by atoms with E-state index in [1.807, 2.05) is 36.6 Å². The number of aromatic nitrogens is 2. The summed E-state index contributed by atoms with van der Waals surface area (Å²) in [5.74, 6) is 0.170. The molecule has 0 bridgehead atoms. The molecule has 0 saturated carbocycles. The molecule has 22 heavy (non-hydrogen) atoms. The smallest absolute Gasteiger partial charge is 0.350 e. The van der Waals surface area contributed by atoms with Gasteiger partial charge in [0.25, 0.3) is 0 Å². The van der Waals surface area contributed by atoms with Gasteiger partial charge in [-0.05, 0) is 6.26 Å². The van der Waals surface area contributed by atoms with E-state index < -0.39 is 5.97 Å². The van der Waals surface area contributed by atoms with E-state index in [1.165, 1.54) is 30.2 Å². The zero-order valence-electron chi connectivity index (χ0n) is 12.0. The van der Waals surface area contributed by atoms with E-state index in [2.05, 4.69) is 9.97 Å². The Balaban J connectivity index is 2.26. The third kappa shape index (κ3) is 2.42. The van der Waals surface area contributed by atoms with Crippen molar-refractivity contribution in [3.63, 3.8) is 0 Å². The molecule has 2 heterocycles. The van der Waals surface area contributed by atoms with E-state index in [-0.39, 0.29) is 0 Å². The van der Waals surface area contributed by atoms with Crippen LogP contribution in [0.3, 0.4) is 0 Å². The van der Waals surface area contributed by atoms with Crippen LogP contribution in [0.15, 0.2) is 35.4 Å². The summed E-state index contributed by atoms with van der Waals surface area (Å²) in [6.07, 6.45) is 1.92. The number of methoxy groups -OCH3 is 1. The molecule has 0 amide bonds. The van der Waals surface area contributed by atoms with Gasteiger partial charge in [-0.25, -0.2) is 14.8 Å². The summed E-state index contributed by atoms with van der Waals surface area (Å²) in [5, 5.41) is 1.48. The Bertz CT molecular complexity index is 847. The maximum atomic E-state index is 11.8.